The maximum Gasteiger partial charge on any atom is 0.213 e. The second kappa shape index (κ2) is 6.93. The zero-order valence-electron chi connectivity index (χ0n) is 13.2. The van der Waals surface area contributed by atoms with Crippen molar-refractivity contribution in [3.05, 3.63) is 36.7 Å². The summed E-state index contributed by atoms with van der Waals surface area (Å²) in [5.41, 5.74) is 7.87. The third-order valence-electron chi connectivity index (χ3n) is 4.07. The smallest absolute Gasteiger partial charge is 0.213 e. The van der Waals surface area contributed by atoms with Gasteiger partial charge in [0.15, 0.2) is 0 Å². The summed E-state index contributed by atoms with van der Waals surface area (Å²) in [6.45, 7) is 3.86. The third-order valence-corrected chi connectivity index (χ3v) is 4.07. The zero-order chi connectivity index (χ0) is 16.2. The maximum absolute atomic E-state index is 9.91. The van der Waals surface area contributed by atoms with E-state index in [1.807, 2.05) is 37.4 Å². The van der Waals surface area contributed by atoms with E-state index in [2.05, 4.69) is 14.9 Å². The number of nitrogens with zero attached hydrogens (tertiary/aromatic N) is 3. The molecule has 0 unspecified atom stereocenters. The summed E-state index contributed by atoms with van der Waals surface area (Å²) in [4.78, 5) is 10.8. The van der Waals surface area contributed by atoms with E-state index in [1.54, 1.807) is 6.20 Å². The summed E-state index contributed by atoms with van der Waals surface area (Å²) in [5, 5.41) is 9.91. The second-order valence-corrected chi connectivity index (χ2v) is 5.69. The molecule has 1 aliphatic heterocycles. The minimum atomic E-state index is -0.501. The van der Waals surface area contributed by atoms with Crippen LogP contribution in [0.2, 0.25) is 0 Å². The van der Waals surface area contributed by atoms with E-state index in [1.165, 1.54) is 0 Å². The van der Waals surface area contributed by atoms with Crippen LogP contribution in [0.5, 0.6) is 5.88 Å². The van der Waals surface area contributed by atoms with Gasteiger partial charge < -0.3 is 20.5 Å². The van der Waals surface area contributed by atoms with Crippen molar-refractivity contribution < 1.29 is 9.84 Å². The van der Waals surface area contributed by atoms with Gasteiger partial charge in [0.05, 0.1) is 12.7 Å². The van der Waals surface area contributed by atoms with Gasteiger partial charge in [-0.1, -0.05) is 0 Å². The number of ether oxygens (including phenoxy) is 1. The standard InChI is InChI=1S/C17H22N4O2/c1-2-23-17-9-12(5-7-19-17)13-3-4-16(20-10-13)21-8-6-14(18)15(22)11-21/h3-5,7,9-10,14-15,22H,2,6,8,11,18H2,1H3/t14-,15-/m1/s1. The fraction of sp³-hybridized carbons (Fsp3) is 0.412. The fourth-order valence-electron chi connectivity index (χ4n) is 2.72. The molecule has 3 N–H and O–H groups in total. The largest absolute Gasteiger partial charge is 0.478 e. The van der Waals surface area contributed by atoms with Crippen LogP contribution in [-0.4, -0.2) is 46.9 Å². The number of hydrogen-bond acceptors (Lipinski definition) is 6. The van der Waals surface area contributed by atoms with E-state index < -0.39 is 6.10 Å². The first kappa shape index (κ1) is 15.7. The number of piperidine rings is 1. The van der Waals surface area contributed by atoms with E-state index in [9.17, 15) is 5.11 Å². The lowest BCUT2D eigenvalue weighted by Gasteiger charge is -2.34. The minimum absolute atomic E-state index is 0.140. The molecule has 0 aromatic carbocycles. The first-order chi connectivity index (χ1) is 11.2. The maximum atomic E-state index is 9.91. The number of aromatic nitrogens is 2. The van der Waals surface area contributed by atoms with Crippen LogP contribution in [0, 0.1) is 0 Å². The molecule has 3 heterocycles. The predicted octanol–water partition coefficient (Wildman–Crippen LogP) is 1.44. The molecule has 23 heavy (non-hydrogen) atoms. The predicted molar refractivity (Wildman–Crippen MR) is 89.4 cm³/mol. The SMILES string of the molecule is CCOc1cc(-c2ccc(N3CC[C@@H](N)[C@H](O)C3)nc2)ccn1. The van der Waals surface area contributed by atoms with Crippen LogP contribution in [0.3, 0.4) is 0 Å². The van der Waals surface area contributed by atoms with Crippen LogP contribution in [0.4, 0.5) is 5.82 Å². The monoisotopic (exact) mass is 314 g/mol. The molecule has 2 aromatic heterocycles. The fourth-order valence-corrected chi connectivity index (χ4v) is 2.72. The first-order valence-electron chi connectivity index (χ1n) is 7.91. The van der Waals surface area contributed by atoms with Gasteiger partial charge in [-0.15, -0.1) is 0 Å². The number of β-amino-alcohol motifs (C(OH)–C–C–N with tert-alkyl or cyclic N) is 1. The van der Waals surface area contributed by atoms with Crippen LogP contribution in [0.1, 0.15) is 13.3 Å². The number of pyridine rings is 2. The highest BCUT2D eigenvalue weighted by atomic mass is 16.5. The van der Waals surface area contributed by atoms with E-state index in [4.69, 9.17) is 10.5 Å². The molecule has 1 aliphatic rings. The van der Waals surface area contributed by atoms with E-state index in [0.717, 1.165) is 29.9 Å². The molecule has 0 saturated carbocycles. The van der Waals surface area contributed by atoms with Crippen LogP contribution in [0.15, 0.2) is 36.7 Å². The summed E-state index contributed by atoms with van der Waals surface area (Å²) >= 11 is 0. The van der Waals surface area contributed by atoms with Gasteiger partial charge in [-0.3, -0.25) is 0 Å². The normalized spacial score (nSPS) is 21.3. The Bertz CT molecular complexity index is 647. The van der Waals surface area contributed by atoms with Crippen molar-refractivity contribution in [1.29, 1.82) is 0 Å². The molecular weight excluding hydrogens is 292 g/mol. The Morgan fingerprint density at radius 3 is 2.87 bits per heavy atom. The van der Waals surface area contributed by atoms with Gasteiger partial charge in [-0.2, -0.15) is 0 Å². The van der Waals surface area contributed by atoms with Crippen molar-refractivity contribution in [3.63, 3.8) is 0 Å². The number of hydrogen-bond donors (Lipinski definition) is 2. The summed E-state index contributed by atoms with van der Waals surface area (Å²) in [5.74, 6) is 1.47. The van der Waals surface area contributed by atoms with Gasteiger partial charge in [-0.25, -0.2) is 9.97 Å². The molecule has 0 spiro atoms. The molecular formula is C17H22N4O2. The Labute approximate surface area is 135 Å². The Kier molecular flexibility index (Phi) is 4.73. The highest BCUT2D eigenvalue weighted by molar-refractivity contribution is 5.64. The Morgan fingerprint density at radius 2 is 2.17 bits per heavy atom. The minimum Gasteiger partial charge on any atom is -0.478 e. The molecule has 0 bridgehead atoms. The average Bonchev–Trinajstić information content (AvgIpc) is 2.58. The summed E-state index contributed by atoms with van der Waals surface area (Å²) in [6, 6.07) is 7.69. The average molecular weight is 314 g/mol. The molecule has 0 amide bonds. The summed E-state index contributed by atoms with van der Waals surface area (Å²) in [6.07, 6.45) is 3.84. The van der Waals surface area contributed by atoms with E-state index in [0.29, 0.717) is 19.0 Å². The third kappa shape index (κ3) is 3.60. The Morgan fingerprint density at radius 1 is 1.30 bits per heavy atom. The van der Waals surface area contributed by atoms with Gasteiger partial charge in [0.25, 0.3) is 0 Å². The topological polar surface area (TPSA) is 84.5 Å². The van der Waals surface area contributed by atoms with E-state index in [-0.39, 0.29) is 6.04 Å². The van der Waals surface area contributed by atoms with Crippen LogP contribution < -0.4 is 15.4 Å². The van der Waals surface area contributed by atoms with Crippen LogP contribution >= 0.6 is 0 Å². The molecule has 1 saturated heterocycles. The number of anilines is 1. The zero-order valence-corrected chi connectivity index (χ0v) is 13.2. The van der Waals surface area contributed by atoms with Gasteiger partial charge in [-0.05, 0) is 37.1 Å². The van der Waals surface area contributed by atoms with Crippen molar-refractivity contribution in [2.24, 2.45) is 5.73 Å². The molecule has 122 valence electrons. The van der Waals surface area contributed by atoms with Gasteiger partial charge >= 0.3 is 0 Å². The highest BCUT2D eigenvalue weighted by Crippen LogP contribution is 2.24. The molecule has 1 fully saturated rings. The Balaban J connectivity index is 1.75. The molecule has 0 aliphatic carbocycles. The van der Waals surface area contributed by atoms with Crippen molar-refractivity contribution in [1.82, 2.24) is 9.97 Å². The van der Waals surface area contributed by atoms with Crippen molar-refractivity contribution in [3.8, 4) is 17.0 Å². The number of rotatable bonds is 4. The quantitative estimate of drug-likeness (QED) is 0.888. The molecule has 2 atom stereocenters. The number of nitrogens with two attached hydrogens (primary N) is 1. The van der Waals surface area contributed by atoms with Crippen molar-refractivity contribution in [2.75, 3.05) is 24.6 Å². The number of aliphatic hydroxyl groups is 1. The summed E-state index contributed by atoms with van der Waals surface area (Å²) < 4.78 is 5.43. The molecule has 6 heteroatoms. The van der Waals surface area contributed by atoms with Gasteiger partial charge in [0.2, 0.25) is 5.88 Å². The van der Waals surface area contributed by atoms with Gasteiger partial charge in [0.1, 0.15) is 5.82 Å². The molecule has 2 aromatic rings. The molecule has 0 radical (unpaired) electrons. The van der Waals surface area contributed by atoms with Crippen LogP contribution in [-0.2, 0) is 0 Å². The lowest BCUT2D eigenvalue weighted by molar-refractivity contribution is 0.131. The molecule has 3 rings (SSSR count). The number of aliphatic hydroxyl groups excluding tert-OH is 1. The lowest BCUT2D eigenvalue weighted by Crippen LogP contribution is -2.50. The second-order valence-electron chi connectivity index (χ2n) is 5.69. The van der Waals surface area contributed by atoms with Crippen molar-refractivity contribution >= 4 is 5.82 Å². The van der Waals surface area contributed by atoms with Gasteiger partial charge in [0, 0.05) is 43.2 Å². The lowest BCUT2D eigenvalue weighted by atomic mass is 10.0. The van der Waals surface area contributed by atoms with E-state index >= 15 is 0 Å². The van der Waals surface area contributed by atoms with Crippen molar-refractivity contribution in [2.45, 2.75) is 25.5 Å². The summed E-state index contributed by atoms with van der Waals surface area (Å²) in [7, 11) is 0. The highest BCUT2D eigenvalue weighted by Gasteiger charge is 2.25. The van der Waals surface area contributed by atoms with Crippen LogP contribution in [0.25, 0.3) is 11.1 Å². The Hall–Kier alpha value is -2.18. The molecule has 6 nitrogen and oxygen atoms in total. The first-order valence-corrected chi connectivity index (χ1v) is 7.91.